The third-order valence-electron chi connectivity index (χ3n) is 7.66. The molecule has 1 heterocycles. The standard InChI is InChI=1S/C30H42O2/c1-3-5-7-23-9-11-24(12-10-23)25-13-15-26(16-14-25)27-17-19-28(20-18-27)30-22-31-29(21-32-30)8-6-4-2/h13-20,23-24,29-30H,3-12,21-22H2,1-2H3/t23-,24-,29-,30-/m1/s1. The number of ether oxygens (including phenoxy) is 2. The van der Waals surface area contributed by atoms with Crippen molar-refractivity contribution >= 4 is 0 Å². The topological polar surface area (TPSA) is 18.5 Å². The maximum atomic E-state index is 6.11. The van der Waals surface area contributed by atoms with Crippen LogP contribution in [0.15, 0.2) is 48.5 Å². The number of rotatable bonds is 9. The third-order valence-corrected chi connectivity index (χ3v) is 7.66. The van der Waals surface area contributed by atoms with Gasteiger partial charge in [-0.05, 0) is 66.2 Å². The van der Waals surface area contributed by atoms with Crippen LogP contribution in [0.4, 0.5) is 0 Å². The van der Waals surface area contributed by atoms with E-state index in [9.17, 15) is 0 Å². The van der Waals surface area contributed by atoms with Crippen LogP contribution >= 0.6 is 0 Å². The summed E-state index contributed by atoms with van der Waals surface area (Å²) in [5.41, 5.74) is 5.34. The second-order valence-electron chi connectivity index (χ2n) is 10.0. The van der Waals surface area contributed by atoms with Gasteiger partial charge in [-0.25, -0.2) is 0 Å². The zero-order chi connectivity index (χ0) is 22.2. The Hall–Kier alpha value is -1.64. The average molecular weight is 435 g/mol. The lowest BCUT2D eigenvalue weighted by Gasteiger charge is -2.30. The molecule has 0 aromatic heterocycles. The lowest BCUT2D eigenvalue weighted by Crippen LogP contribution is -2.31. The van der Waals surface area contributed by atoms with Gasteiger partial charge in [0.1, 0.15) is 6.10 Å². The molecule has 0 radical (unpaired) electrons. The first-order chi connectivity index (χ1) is 15.8. The number of unbranched alkanes of at least 4 members (excludes halogenated alkanes) is 2. The molecule has 1 saturated heterocycles. The molecule has 2 heteroatoms. The zero-order valence-corrected chi connectivity index (χ0v) is 20.2. The van der Waals surface area contributed by atoms with Crippen LogP contribution in [0, 0.1) is 5.92 Å². The van der Waals surface area contributed by atoms with Crippen LogP contribution in [-0.2, 0) is 9.47 Å². The second kappa shape index (κ2) is 12.0. The Morgan fingerprint density at radius 1 is 0.656 bits per heavy atom. The van der Waals surface area contributed by atoms with Crippen LogP contribution in [-0.4, -0.2) is 19.3 Å². The summed E-state index contributed by atoms with van der Waals surface area (Å²) in [7, 11) is 0. The molecule has 0 amide bonds. The monoisotopic (exact) mass is 434 g/mol. The average Bonchev–Trinajstić information content (AvgIpc) is 2.87. The lowest BCUT2D eigenvalue weighted by atomic mass is 9.77. The summed E-state index contributed by atoms with van der Waals surface area (Å²) in [6, 6.07) is 18.2. The Balaban J connectivity index is 1.29. The molecule has 2 nitrogen and oxygen atoms in total. The van der Waals surface area contributed by atoms with Gasteiger partial charge in [0.25, 0.3) is 0 Å². The highest BCUT2D eigenvalue weighted by Gasteiger charge is 2.24. The molecule has 0 unspecified atom stereocenters. The van der Waals surface area contributed by atoms with Gasteiger partial charge in [0, 0.05) is 0 Å². The summed E-state index contributed by atoms with van der Waals surface area (Å²) in [4.78, 5) is 0. The molecule has 1 aliphatic heterocycles. The molecule has 0 N–H and O–H groups in total. The Morgan fingerprint density at radius 3 is 1.81 bits per heavy atom. The van der Waals surface area contributed by atoms with Gasteiger partial charge in [-0.2, -0.15) is 0 Å². The van der Waals surface area contributed by atoms with Gasteiger partial charge in [-0.15, -0.1) is 0 Å². The van der Waals surface area contributed by atoms with Crippen molar-refractivity contribution in [3.63, 3.8) is 0 Å². The number of hydrogen-bond acceptors (Lipinski definition) is 2. The van der Waals surface area contributed by atoms with Crippen molar-refractivity contribution in [3.05, 3.63) is 59.7 Å². The van der Waals surface area contributed by atoms with Gasteiger partial charge in [-0.3, -0.25) is 0 Å². The van der Waals surface area contributed by atoms with Crippen molar-refractivity contribution in [1.29, 1.82) is 0 Å². The first kappa shape index (κ1) is 23.5. The van der Waals surface area contributed by atoms with Gasteiger partial charge < -0.3 is 9.47 Å². The van der Waals surface area contributed by atoms with Crippen molar-refractivity contribution < 1.29 is 9.47 Å². The maximum absolute atomic E-state index is 6.11. The van der Waals surface area contributed by atoms with E-state index in [-0.39, 0.29) is 12.2 Å². The van der Waals surface area contributed by atoms with E-state index >= 15 is 0 Å². The van der Waals surface area contributed by atoms with Crippen LogP contribution in [0.25, 0.3) is 11.1 Å². The molecular formula is C30H42O2. The Labute approximate surface area is 195 Å². The summed E-state index contributed by atoms with van der Waals surface area (Å²) in [5.74, 6) is 1.73. The lowest BCUT2D eigenvalue weighted by molar-refractivity contribution is -0.137. The Bertz CT molecular complexity index is 709. The Morgan fingerprint density at radius 2 is 1.25 bits per heavy atom. The molecule has 1 saturated carbocycles. The molecule has 2 aromatic carbocycles. The van der Waals surface area contributed by atoms with Gasteiger partial charge in [0.05, 0.1) is 19.3 Å². The second-order valence-corrected chi connectivity index (χ2v) is 10.0. The molecule has 2 atom stereocenters. The quantitative estimate of drug-likeness (QED) is 0.394. The molecule has 4 rings (SSSR count). The first-order valence-electron chi connectivity index (χ1n) is 13.2. The summed E-state index contributed by atoms with van der Waals surface area (Å²) in [6.07, 6.45) is 13.6. The van der Waals surface area contributed by atoms with Gasteiger partial charge in [0.2, 0.25) is 0 Å². The van der Waals surface area contributed by atoms with Gasteiger partial charge in [0.15, 0.2) is 0 Å². The van der Waals surface area contributed by atoms with Crippen molar-refractivity contribution in [1.82, 2.24) is 0 Å². The van der Waals surface area contributed by atoms with Crippen LogP contribution < -0.4 is 0 Å². The number of benzene rings is 2. The highest BCUT2D eigenvalue weighted by molar-refractivity contribution is 5.64. The molecule has 1 aliphatic carbocycles. The summed E-state index contributed by atoms with van der Waals surface area (Å²) in [5, 5.41) is 0. The molecular weight excluding hydrogens is 392 g/mol. The van der Waals surface area contributed by atoms with E-state index in [1.807, 2.05) is 0 Å². The summed E-state index contributed by atoms with van der Waals surface area (Å²) >= 11 is 0. The normalized spacial score (nSPS) is 26.2. The predicted octanol–water partition coefficient (Wildman–Crippen LogP) is 8.46. The van der Waals surface area contributed by atoms with Crippen molar-refractivity contribution in [2.24, 2.45) is 5.92 Å². The fourth-order valence-corrected chi connectivity index (χ4v) is 5.45. The minimum Gasteiger partial charge on any atom is -0.373 e. The first-order valence-corrected chi connectivity index (χ1v) is 13.2. The third kappa shape index (κ3) is 6.23. The van der Waals surface area contributed by atoms with Gasteiger partial charge >= 0.3 is 0 Å². The highest BCUT2D eigenvalue weighted by atomic mass is 16.6. The van der Waals surface area contributed by atoms with E-state index < -0.39 is 0 Å². The predicted molar refractivity (Wildman–Crippen MR) is 134 cm³/mol. The minimum atomic E-state index is 0.0664. The fourth-order valence-electron chi connectivity index (χ4n) is 5.45. The van der Waals surface area contributed by atoms with E-state index in [2.05, 4.69) is 62.4 Å². The van der Waals surface area contributed by atoms with Crippen molar-refractivity contribution in [2.45, 2.75) is 96.2 Å². The van der Waals surface area contributed by atoms with E-state index in [1.54, 1.807) is 0 Å². The van der Waals surface area contributed by atoms with E-state index in [1.165, 1.54) is 80.0 Å². The fraction of sp³-hybridized carbons (Fsp3) is 0.600. The number of hydrogen-bond donors (Lipinski definition) is 0. The van der Waals surface area contributed by atoms with E-state index in [0.717, 1.165) is 18.3 Å². The molecule has 2 aliphatic rings. The smallest absolute Gasteiger partial charge is 0.106 e. The maximum Gasteiger partial charge on any atom is 0.106 e. The van der Waals surface area contributed by atoms with Crippen LogP contribution in [0.1, 0.15) is 101 Å². The molecule has 2 fully saturated rings. The minimum absolute atomic E-state index is 0.0664. The highest BCUT2D eigenvalue weighted by Crippen LogP contribution is 2.38. The molecule has 32 heavy (non-hydrogen) atoms. The molecule has 2 aromatic rings. The molecule has 0 bridgehead atoms. The zero-order valence-electron chi connectivity index (χ0n) is 20.2. The van der Waals surface area contributed by atoms with Crippen LogP contribution in [0.2, 0.25) is 0 Å². The summed E-state index contributed by atoms with van der Waals surface area (Å²) in [6.45, 7) is 5.92. The Kier molecular flexibility index (Phi) is 8.82. The van der Waals surface area contributed by atoms with E-state index in [4.69, 9.17) is 9.47 Å². The SMILES string of the molecule is CCCC[C@@H]1CO[C@@H](c2ccc(-c3ccc([C@H]4CC[C@H](CCCC)CC4)cc3)cc2)CO1. The molecule has 0 spiro atoms. The van der Waals surface area contributed by atoms with Crippen molar-refractivity contribution in [3.8, 4) is 11.1 Å². The van der Waals surface area contributed by atoms with Crippen molar-refractivity contribution in [2.75, 3.05) is 13.2 Å². The summed E-state index contributed by atoms with van der Waals surface area (Å²) < 4.78 is 12.1. The largest absolute Gasteiger partial charge is 0.373 e. The molecule has 174 valence electrons. The van der Waals surface area contributed by atoms with E-state index in [0.29, 0.717) is 13.2 Å². The van der Waals surface area contributed by atoms with Crippen LogP contribution in [0.5, 0.6) is 0 Å². The van der Waals surface area contributed by atoms with Gasteiger partial charge in [-0.1, -0.05) is 94.5 Å². The van der Waals surface area contributed by atoms with Crippen LogP contribution in [0.3, 0.4) is 0 Å².